The van der Waals surface area contributed by atoms with Gasteiger partial charge in [0.2, 0.25) is 0 Å². The van der Waals surface area contributed by atoms with Crippen LogP contribution in [0.25, 0.3) is 11.0 Å². The van der Waals surface area contributed by atoms with Gasteiger partial charge in [0.25, 0.3) is 0 Å². The molecule has 64 valence electrons. The number of hydrogen-bond donors (Lipinski definition) is 1. The van der Waals surface area contributed by atoms with Gasteiger partial charge in [-0.25, -0.2) is 4.98 Å². The zero-order valence-electron chi connectivity index (χ0n) is 6.71. The highest BCUT2D eigenvalue weighted by atomic mass is 127. The smallest absolute Gasteiger partial charge is 0.0935 e. The Morgan fingerprint density at radius 3 is 3.15 bits per heavy atom. The maximum Gasteiger partial charge on any atom is 0.0935 e. The minimum Gasteiger partial charge on any atom is -0.344 e. The molecule has 3 nitrogen and oxygen atoms in total. The zero-order chi connectivity index (χ0) is 9.26. The third kappa shape index (κ3) is 1.40. The third-order valence-corrected chi connectivity index (χ3v) is 2.78. The van der Waals surface area contributed by atoms with E-state index in [2.05, 4.69) is 38.6 Å². The minimum absolute atomic E-state index is 0.415. The fourth-order valence-corrected chi connectivity index (χ4v) is 1.87. The van der Waals surface area contributed by atoms with Gasteiger partial charge in [-0.05, 0) is 34.2 Å². The van der Waals surface area contributed by atoms with Gasteiger partial charge in [-0.15, -0.1) is 0 Å². The normalized spacial score (nSPS) is 10.2. The highest BCUT2D eigenvalue weighted by molar-refractivity contribution is 14.1. The Hall–Kier alpha value is -1.09. The van der Waals surface area contributed by atoms with E-state index >= 15 is 0 Å². The van der Waals surface area contributed by atoms with Crippen LogP contribution < -0.4 is 0 Å². The topological polar surface area (TPSA) is 52.5 Å². The second-order valence-corrected chi connectivity index (χ2v) is 3.83. The van der Waals surface area contributed by atoms with Gasteiger partial charge < -0.3 is 4.98 Å². The number of aromatic amines is 1. The number of H-pyrrole nitrogens is 1. The van der Waals surface area contributed by atoms with Gasteiger partial charge in [-0.3, -0.25) is 0 Å². The summed E-state index contributed by atoms with van der Waals surface area (Å²) >= 11 is 2.25. The lowest BCUT2D eigenvalue weighted by Gasteiger charge is -1.97. The van der Waals surface area contributed by atoms with Crippen LogP contribution in [0.3, 0.4) is 0 Å². The summed E-state index contributed by atoms with van der Waals surface area (Å²) in [6.45, 7) is 0. The lowest BCUT2D eigenvalue weighted by Crippen LogP contribution is -1.86. The van der Waals surface area contributed by atoms with Crippen molar-refractivity contribution in [2.24, 2.45) is 0 Å². The number of imidazole rings is 1. The first-order chi connectivity index (χ1) is 6.33. The van der Waals surface area contributed by atoms with Crippen molar-refractivity contribution >= 4 is 33.6 Å². The second-order valence-electron chi connectivity index (χ2n) is 2.67. The number of aromatic nitrogens is 2. The van der Waals surface area contributed by atoms with Crippen LogP contribution in [0.5, 0.6) is 0 Å². The fourth-order valence-electron chi connectivity index (χ4n) is 1.28. The van der Waals surface area contributed by atoms with E-state index < -0.39 is 0 Å². The van der Waals surface area contributed by atoms with E-state index in [0.717, 1.165) is 20.2 Å². The number of nitrogens with one attached hydrogen (secondary N) is 1. The van der Waals surface area contributed by atoms with Gasteiger partial charge in [-0.1, -0.05) is 6.07 Å². The predicted octanol–water partition coefficient (Wildman–Crippen LogP) is 2.23. The third-order valence-electron chi connectivity index (χ3n) is 1.88. The minimum atomic E-state index is 0.415. The van der Waals surface area contributed by atoms with Crippen LogP contribution in [0.15, 0.2) is 18.5 Å². The molecule has 0 fully saturated rings. The molecule has 13 heavy (non-hydrogen) atoms. The maximum absolute atomic E-state index is 8.60. The van der Waals surface area contributed by atoms with Crippen LogP contribution in [0, 0.1) is 14.9 Å². The van der Waals surface area contributed by atoms with E-state index in [-0.39, 0.29) is 0 Å². The van der Waals surface area contributed by atoms with Crippen molar-refractivity contribution in [2.45, 2.75) is 6.42 Å². The van der Waals surface area contributed by atoms with E-state index in [1.165, 1.54) is 0 Å². The van der Waals surface area contributed by atoms with Gasteiger partial charge in [-0.2, -0.15) is 5.26 Å². The molecule has 0 spiro atoms. The number of hydrogen-bond acceptors (Lipinski definition) is 2. The number of nitriles is 1. The Bertz CT molecular complexity index is 481. The Morgan fingerprint density at radius 2 is 2.38 bits per heavy atom. The monoisotopic (exact) mass is 283 g/mol. The highest BCUT2D eigenvalue weighted by Gasteiger charge is 2.05. The van der Waals surface area contributed by atoms with E-state index in [4.69, 9.17) is 5.26 Å². The van der Waals surface area contributed by atoms with Gasteiger partial charge >= 0.3 is 0 Å². The van der Waals surface area contributed by atoms with Crippen molar-refractivity contribution < 1.29 is 0 Å². The van der Waals surface area contributed by atoms with Crippen molar-refractivity contribution in [2.75, 3.05) is 0 Å². The summed E-state index contributed by atoms with van der Waals surface area (Å²) < 4.78 is 1.13. The molecule has 4 heteroatoms. The molecule has 0 aliphatic rings. The Balaban J connectivity index is 2.72. The molecule has 0 aliphatic heterocycles. The summed E-state index contributed by atoms with van der Waals surface area (Å²) in [6, 6.07) is 6.08. The number of nitrogens with zero attached hydrogens (tertiary/aromatic N) is 2. The molecule has 1 heterocycles. The molecular weight excluding hydrogens is 277 g/mol. The molecule has 0 unspecified atom stereocenters. The highest BCUT2D eigenvalue weighted by Crippen LogP contribution is 2.20. The van der Waals surface area contributed by atoms with Gasteiger partial charge in [0.05, 0.1) is 29.9 Å². The molecule has 1 N–H and O–H groups in total. The molecule has 0 saturated heterocycles. The summed E-state index contributed by atoms with van der Waals surface area (Å²) in [7, 11) is 0. The van der Waals surface area contributed by atoms with Crippen molar-refractivity contribution in [3.63, 3.8) is 0 Å². The van der Waals surface area contributed by atoms with Gasteiger partial charge in [0, 0.05) is 3.57 Å². The summed E-state index contributed by atoms with van der Waals surface area (Å²) in [5.41, 5.74) is 2.92. The first-order valence-corrected chi connectivity index (χ1v) is 4.88. The fraction of sp³-hybridized carbons (Fsp3) is 0.111. The molecule has 0 radical (unpaired) electrons. The average molecular weight is 283 g/mol. The van der Waals surface area contributed by atoms with Crippen molar-refractivity contribution in [3.05, 3.63) is 27.6 Å². The van der Waals surface area contributed by atoms with E-state index in [0.29, 0.717) is 6.42 Å². The lowest BCUT2D eigenvalue weighted by molar-refractivity contribution is 1.26. The van der Waals surface area contributed by atoms with Crippen LogP contribution in [0.1, 0.15) is 5.56 Å². The number of benzene rings is 1. The standard InChI is InChI=1S/C9H6IN3/c10-7-2-1-6(3-4-11)8-9(7)13-5-12-8/h1-2,5H,3H2,(H,12,13). The molecule has 2 aromatic rings. The summed E-state index contributed by atoms with van der Waals surface area (Å²) in [5, 5.41) is 8.60. The predicted molar refractivity (Wildman–Crippen MR) is 58.1 cm³/mol. The van der Waals surface area contributed by atoms with Crippen LogP contribution in [0.4, 0.5) is 0 Å². The van der Waals surface area contributed by atoms with Crippen LogP contribution in [-0.2, 0) is 6.42 Å². The van der Waals surface area contributed by atoms with Crippen molar-refractivity contribution in [1.82, 2.24) is 9.97 Å². The molecule has 0 saturated carbocycles. The van der Waals surface area contributed by atoms with Gasteiger partial charge in [0.15, 0.2) is 0 Å². The van der Waals surface area contributed by atoms with E-state index in [9.17, 15) is 0 Å². The molecule has 0 aliphatic carbocycles. The zero-order valence-corrected chi connectivity index (χ0v) is 8.87. The van der Waals surface area contributed by atoms with Crippen LogP contribution in [-0.4, -0.2) is 9.97 Å². The summed E-state index contributed by atoms with van der Waals surface area (Å²) in [5.74, 6) is 0. The van der Waals surface area contributed by atoms with E-state index in [1.807, 2.05) is 12.1 Å². The molecule has 1 aromatic heterocycles. The SMILES string of the molecule is N#CCc1ccc(I)c2[nH]cnc12. The largest absolute Gasteiger partial charge is 0.344 e. The summed E-state index contributed by atoms with van der Waals surface area (Å²) in [6.07, 6.45) is 2.08. The quantitative estimate of drug-likeness (QED) is 0.816. The van der Waals surface area contributed by atoms with Crippen LogP contribution >= 0.6 is 22.6 Å². The van der Waals surface area contributed by atoms with Gasteiger partial charge in [0.1, 0.15) is 0 Å². The molecular formula is C9H6IN3. The number of fused-ring (bicyclic) bond motifs is 1. The Morgan fingerprint density at radius 1 is 1.54 bits per heavy atom. The lowest BCUT2D eigenvalue weighted by atomic mass is 10.1. The summed E-state index contributed by atoms with van der Waals surface area (Å²) in [4.78, 5) is 7.25. The average Bonchev–Trinajstić information content (AvgIpc) is 2.59. The Labute approximate surface area is 88.9 Å². The van der Waals surface area contributed by atoms with Crippen molar-refractivity contribution in [1.29, 1.82) is 5.26 Å². The molecule has 0 atom stereocenters. The van der Waals surface area contributed by atoms with Crippen LogP contribution in [0.2, 0.25) is 0 Å². The number of halogens is 1. The molecule has 0 bridgehead atoms. The molecule has 2 rings (SSSR count). The molecule has 0 amide bonds. The first-order valence-electron chi connectivity index (χ1n) is 3.80. The van der Waals surface area contributed by atoms with E-state index in [1.54, 1.807) is 6.33 Å². The second kappa shape index (κ2) is 3.34. The van der Waals surface area contributed by atoms with Crippen molar-refractivity contribution in [3.8, 4) is 6.07 Å². The number of rotatable bonds is 1. The maximum atomic E-state index is 8.60. The Kier molecular flexibility index (Phi) is 2.19. The first kappa shape index (κ1) is 8.51. The molecule has 1 aromatic carbocycles.